The molecule has 1 heterocycles. The number of hydrogen-bond acceptors (Lipinski definition) is 3. The molecule has 0 saturated heterocycles. The molecule has 90 valence electrons. The van der Waals surface area contributed by atoms with Gasteiger partial charge in [-0.05, 0) is 12.5 Å². The third-order valence-electron chi connectivity index (χ3n) is 2.45. The first-order chi connectivity index (χ1) is 8.25. The molecule has 0 fully saturated rings. The lowest BCUT2D eigenvalue weighted by atomic mass is 10.2. The number of nitrogens with one attached hydrogen (secondary N) is 1. The molecule has 0 saturated carbocycles. The van der Waals surface area contributed by atoms with E-state index in [1.54, 1.807) is 11.3 Å². The van der Waals surface area contributed by atoms with Crippen molar-refractivity contribution in [3.05, 3.63) is 40.7 Å². The smallest absolute Gasteiger partial charge is 0.107 e. The minimum absolute atomic E-state index is 0.684. The van der Waals surface area contributed by atoms with E-state index in [2.05, 4.69) is 41.7 Å². The van der Waals surface area contributed by atoms with Crippen LogP contribution in [0.4, 0.5) is 0 Å². The van der Waals surface area contributed by atoms with Gasteiger partial charge < -0.3 is 5.32 Å². The van der Waals surface area contributed by atoms with E-state index >= 15 is 0 Å². The van der Waals surface area contributed by atoms with Crippen LogP contribution in [0.2, 0.25) is 0 Å². The van der Waals surface area contributed by atoms with E-state index in [4.69, 9.17) is 0 Å². The quantitative estimate of drug-likeness (QED) is 0.872. The summed E-state index contributed by atoms with van der Waals surface area (Å²) in [6, 6.07) is 10.3. The van der Waals surface area contributed by atoms with Crippen LogP contribution in [-0.4, -0.2) is 11.5 Å². The van der Waals surface area contributed by atoms with Crippen molar-refractivity contribution in [2.24, 2.45) is 5.92 Å². The Balaban J connectivity index is 1.97. The Morgan fingerprint density at radius 3 is 2.71 bits per heavy atom. The Morgan fingerprint density at radius 2 is 2.00 bits per heavy atom. The molecule has 1 aromatic heterocycles. The van der Waals surface area contributed by atoms with Gasteiger partial charge in [-0.1, -0.05) is 44.2 Å². The molecule has 0 radical (unpaired) electrons. The minimum atomic E-state index is 0.684. The first-order valence-corrected chi connectivity index (χ1v) is 6.84. The zero-order valence-corrected chi connectivity index (χ0v) is 11.1. The Morgan fingerprint density at radius 1 is 1.24 bits per heavy atom. The van der Waals surface area contributed by atoms with Crippen molar-refractivity contribution in [2.45, 2.75) is 20.4 Å². The van der Waals surface area contributed by atoms with Crippen molar-refractivity contribution in [3.8, 4) is 11.3 Å². The maximum Gasteiger partial charge on any atom is 0.107 e. The average Bonchev–Trinajstić information content (AvgIpc) is 2.78. The van der Waals surface area contributed by atoms with Gasteiger partial charge in [-0.15, -0.1) is 11.3 Å². The fourth-order valence-corrected chi connectivity index (χ4v) is 2.37. The predicted octanol–water partition coefficient (Wildman–Crippen LogP) is 3.56. The molecule has 0 amide bonds. The zero-order valence-electron chi connectivity index (χ0n) is 10.3. The van der Waals surface area contributed by atoms with E-state index in [9.17, 15) is 0 Å². The summed E-state index contributed by atoms with van der Waals surface area (Å²) in [6.45, 7) is 6.34. The van der Waals surface area contributed by atoms with Crippen molar-refractivity contribution in [1.29, 1.82) is 0 Å². The number of aromatic nitrogens is 1. The second kappa shape index (κ2) is 5.94. The molecule has 2 nitrogen and oxygen atoms in total. The second-order valence-corrected chi connectivity index (χ2v) is 5.46. The lowest BCUT2D eigenvalue weighted by Gasteiger charge is -2.04. The summed E-state index contributed by atoms with van der Waals surface area (Å²) in [5, 5.41) is 6.70. The standard InChI is InChI=1S/C14H18N2S/c1-11(2)8-15-9-14-16-13(10-17-14)12-6-4-3-5-7-12/h3-7,10-11,15H,8-9H2,1-2H3. The van der Waals surface area contributed by atoms with Crippen LogP contribution in [0, 0.1) is 5.92 Å². The molecule has 1 aromatic carbocycles. The van der Waals surface area contributed by atoms with E-state index in [0.717, 1.165) is 23.8 Å². The van der Waals surface area contributed by atoms with Crippen LogP contribution in [0.1, 0.15) is 18.9 Å². The molecule has 17 heavy (non-hydrogen) atoms. The van der Waals surface area contributed by atoms with Crippen molar-refractivity contribution < 1.29 is 0 Å². The van der Waals surface area contributed by atoms with Crippen LogP contribution in [0.5, 0.6) is 0 Å². The lowest BCUT2D eigenvalue weighted by molar-refractivity contribution is 0.551. The highest BCUT2D eigenvalue weighted by Crippen LogP contribution is 2.21. The first-order valence-electron chi connectivity index (χ1n) is 5.96. The number of rotatable bonds is 5. The number of thiazole rings is 1. The average molecular weight is 246 g/mol. The molecule has 0 aliphatic rings. The molecule has 0 spiro atoms. The molecule has 0 bridgehead atoms. The van der Waals surface area contributed by atoms with E-state index in [1.165, 1.54) is 5.56 Å². The second-order valence-electron chi connectivity index (χ2n) is 4.52. The van der Waals surface area contributed by atoms with E-state index in [1.807, 2.05) is 18.2 Å². The largest absolute Gasteiger partial charge is 0.310 e. The highest BCUT2D eigenvalue weighted by atomic mass is 32.1. The molecule has 1 N–H and O–H groups in total. The summed E-state index contributed by atoms with van der Waals surface area (Å²) in [6.07, 6.45) is 0. The van der Waals surface area contributed by atoms with Crippen LogP contribution in [0.3, 0.4) is 0 Å². The van der Waals surface area contributed by atoms with Gasteiger partial charge in [0, 0.05) is 17.5 Å². The Bertz CT molecular complexity index is 448. The van der Waals surface area contributed by atoms with Gasteiger partial charge >= 0.3 is 0 Å². The van der Waals surface area contributed by atoms with E-state index in [0.29, 0.717) is 5.92 Å². The molecule has 0 aliphatic carbocycles. The SMILES string of the molecule is CC(C)CNCc1nc(-c2ccccc2)cs1. The van der Waals surface area contributed by atoms with E-state index in [-0.39, 0.29) is 0 Å². The minimum Gasteiger partial charge on any atom is -0.310 e. The van der Waals surface area contributed by atoms with E-state index < -0.39 is 0 Å². The van der Waals surface area contributed by atoms with Gasteiger partial charge in [-0.25, -0.2) is 4.98 Å². The van der Waals surface area contributed by atoms with Crippen LogP contribution in [0.15, 0.2) is 35.7 Å². The van der Waals surface area contributed by atoms with Gasteiger partial charge in [0.05, 0.1) is 5.69 Å². The third kappa shape index (κ3) is 3.65. The van der Waals surface area contributed by atoms with Crippen LogP contribution in [0.25, 0.3) is 11.3 Å². The van der Waals surface area contributed by atoms with Gasteiger partial charge in [0.15, 0.2) is 0 Å². The monoisotopic (exact) mass is 246 g/mol. The van der Waals surface area contributed by atoms with Crippen molar-refractivity contribution in [2.75, 3.05) is 6.54 Å². The van der Waals surface area contributed by atoms with Gasteiger partial charge in [0.2, 0.25) is 0 Å². The molecule has 0 atom stereocenters. The summed E-state index contributed by atoms with van der Waals surface area (Å²) in [4.78, 5) is 4.63. The van der Waals surface area contributed by atoms with Crippen LogP contribution >= 0.6 is 11.3 Å². The molecular weight excluding hydrogens is 228 g/mol. The highest BCUT2D eigenvalue weighted by Gasteiger charge is 2.03. The number of benzene rings is 1. The van der Waals surface area contributed by atoms with Gasteiger partial charge in [-0.3, -0.25) is 0 Å². The normalized spacial score (nSPS) is 11.0. The Kier molecular flexibility index (Phi) is 4.29. The number of nitrogens with zero attached hydrogens (tertiary/aromatic N) is 1. The maximum atomic E-state index is 4.63. The van der Waals surface area contributed by atoms with Crippen LogP contribution < -0.4 is 5.32 Å². The van der Waals surface area contributed by atoms with Gasteiger partial charge in [0.1, 0.15) is 5.01 Å². The fourth-order valence-electron chi connectivity index (χ4n) is 1.60. The Hall–Kier alpha value is -1.19. The topological polar surface area (TPSA) is 24.9 Å². The summed E-state index contributed by atoms with van der Waals surface area (Å²) >= 11 is 1.72. The lowest BCUT2D eigenvalue weighted by Crippen LogP contribution is -2.18. The van der Waals surface area contributed by atoms with Crippen molar-refractivity contribution in [3.63, 3.8) is 0 Å². The van der Waals surface area contributed by atoms with Gasteiger partial charge in [0.25, 0.3) is 0 Å². The van der Waals surface area contributed by atoms with Gasteiger partial charge in [-0.2, -0.15) is 0 Å². The summed E-state index contributed by atoms with van der Waals surface area (Å²) in [5.41, 5.74) is 2.27. The molecule has 2 aromatic rings. The van der Waals surface area contributed by atoms with Crippen LogP contribution in [-0.2, 0) is 6.54 Å². The molecule has 0 unspecified atom stereocenters. The summed E-state index contributed by atoms with van der Waals surface area (Å²) in [7, 11) is 0. The fraction of sp³-hybridized carbons (Fsp3) is 0.357. The third-order valence-corrected chi connectivity index (χ3v) is 3.30. The first kappa shape index (κ1) is 12.3. The van der Waals surface area contributed by atoms with Crippen molar-refractivity contribution in [1.82, 2.24) is 10.3 Å². The van der Waals surface area contributed by atoms with Crippen molar-refractivity contribution >= 4 is 11.3 Å². The molecule has 2 rings (SSSR count). The molecule has 3 heteroatoms. The molecular formula is C14H18N2S. The summed E-state index contributed by atoms with van der Waals surface area (Å²) < 4.78 is 0. The number of hydrogen-bond donors (Lipinski definition) is 1. The molecule has 0 aliphatic heterocycles. The highest BCUT2D eigenvalue weighted by molar-refractivity contribution is 7.09. The predicted molar refractivity (Wildman–Crippen MR) is 74.1 cm³/mol. The maximum absolute atomic E-state index is 4.63. The zero-order chi connectivity index (χ0) is 12.1. The Labute approximate surface area is 107 Å². The summed E-state index contributed by atoms with van der Waals surface area (Å²) in [5.74, 6) is 0.684.